The van der Waals surface area contributed by atoms with Gasteiger partial charge in [0.15, 0.2) is 5.76 Å². The number of amides is 1. The van der Waals surface area contributed by atoms with E-state index in [1.54, 1.807) is 37.3 Å². The zero-order valence-electron chi connectivity index (χ0n) is 14.3. The molecule has 0 aliphatic rings. The minimum atomic E-state index is -0.506. The fraction of sp³-hybridized carbons (Fsp3) is 0.105. The summed E-state index contributed by atoms with van der Waals surface area (Å²) in [5.41, 5.74) is 0.779. The van der Waals surface area contributed by atoms with Gasteiger partial charge in [-0.2, -0.15) is 0 Å². The number of nitro groups is 1. The van der Waals surface area contributed by atoms with Crippen LogP contribution in [0.1, 0.15) is 21.9 Å². The van der Waals surface area contributed by atoms with Gasteiger partial charge >= 0.3 is 0 Å². The van der Waals surface area contributed by atoms with Crippen molar-refractivity contribution >= 4 is 17.3 Å². The molecule has 0 saturated heterocycles. The molecular formula is C19H16N2O6. The molecule has 8 nitrogen and oxygen atoms in total. The fourth-order valence-electron chi connectivity index (χ4n) is 2.42. The number of aromatic hydroxyl groups is 1. The number of carbonyl (C=O) groups excluding carboxylic acids is 1. The zero-order chi connectivity index (χ0) is 19.4. The summed E-state index contributed by atoms with van der Waals surface area (Å²) in [5.74, 6) is 0.378. The number of hydrogen-bond acceptors (Lipinski definition) is 6. The zero-order valence-corrected chi connectivity index (χ0v) is 14.3. The number of nitrogens with zero attached hydrogens (tertiary/aromatic N) is 1. The quantitative estimate of drug-likeness (QED) is 0.385. The average molecular weight is 368 g/mol. The number of para-hydroxylation sites is 2. The first kappa shape index (κ1) is 18.0. The Kier molecular flexibility index (Phi) is 5.07. The van der Waals surface area contributed by atoms with Crippen LogP contribution < -0.4 is 10.1 Å². The van der Waals surface area contributed by atoms with Gasteiger partial charge in [0.25, 0.3) is 11.6 Å². The van der Waals surface area contributed by atoms with E-state index in [-0.39, 0.29) is 29.5 Å². The summed E-state index contributed by atoms with van der Waals surface area (Å²) in [6.07, 6.45) is 0. The summed E-state index contributed by atoms with van der Waals surface area (Å²) in [6, 6.07) is 13.9. The molecule has 27 heavy (non-hydrogen) atoms. The molecule has 2 aromatic carbocycles. The first-order valence-electron chi connectivity index (χ1n) is 8.00. The van der Waals surface area contributed by atoms with E-state index >= 15 is 0 Å². The largest absolute Gasteiger partial charge is 0.506 e. The van der Waals surface area contributed by atoms with Crippen molar-refractivity contribution in [2.45, 2.75) is 13.5 Å². The lowest BCUT2D eigenvalue weighted by molar-refractivity contribution is -0.385. The smallest absolute Gasteiger partial charge is 0.291 e. The number of benzene rings is 2. The van der Waals surface area contributed by atoms with E-state index < -0.39 is 10.8 Å². The Bertz CT molecular complexity index is 995. The van der Waals surface area contributed by atoms with Crippen LogP contribution in [-0.2, 0) is 6.61 Å². The predicted octanol–water partition coefficient (Wildman–Crippen LogP) is 4.03. The van der Waals surface area contributed by atoms with E-state index in [1.165, 1.54) is 24.3 Å². The van der Waals surface area contributed by atoms with E-state index in [0.29, 0.717) is 17.1 Å². The van der Waals surface area contributed by atoms with Gasteiger partial charge in [-0.1, -0.05) is 12.1 Å². The molecular weight excluding hydrogens is 352 g/mol. The third-order valence-corrected chi connectivity index (χ3v) is 3.78. The van der Waals surface area contributed by atoms with Crippen LogP contribution in [-0.4, -0.2) is 15.9 Å². The molecule has 0 spiro atoms. The number of furan rings is 1. The molecule has 0 aliphatic carbocycles. The van der Waals surface area contributed by atoms with Gasteiger partial charge in [-0.25, -0.2) is 0 Å². The SMILES string of the molecule is Cc1cc(OCc2ccc(C(=O)Nc3ccccc3O)o2)ccc1[N+](=O)[O-]. The van der Waals surface area contributed by atoms with Crippen molar-refractivity contribution in [1.29, 1.82) is 0 Å². The minimum absolute atomic E-state index is 0.0171. The highest BCUT2D eigenvalue weighted by Gasteiger charge is 2.14. The maximum absolute atomic E-state index is 12.2. The van der Waals surface area contributed by atoms with Crippen LogP contribution in [0.25, 0.3) is 0 Å². The van der Waals surface area contributed by atoms with Crippen molar-refractivity contribution in [2.24, 2.45) is 0 Å². The Morgan fingerprint density at radius 3 is 2.70 bits per heavy atom. The van der Waals surface area contributed by atoms with E-state index in [2.05, 4.69) is 5.32 Å². The normalized spacial score (nSPS) is 10.4. The van der Waals surface area contributed by atoms with E-state index in [1.807, 2.05) is 0 Å². The molecule has 0 aliphatic heterocycles. The van der Waals surface area contributed by atoms with Crippen LogP contribution in [0.2, 0.25) is 0 Å². The van der Waals surface area contributed by atoms with E-state index in [4.69, 9.17) is 9.15 Å². The molecule has 1 amide bonds. The van der Waals surface area contributed by atoms with Crippen molar-refractivity contribution in [3.63, 3.8) is 0 Å². The molecule has 138 valence electrons. The molecule has 1 heterocycles. The summed E-state index contributed by atoms with van der Waals surface area (Å²) in [5, 5.41) is 23.1. The number of rotatable bonds is 6. The molecule has 3 aromatic rings. The van der Waals surface area contributed by atoms with Crippen LogP contribution in [0.5, 0.6) is 11.5 Å². The van der Waals surface area contributed by atoms with Crippen LogP contribution in [0, 0.1) is 17.0 Å². The first-order chi connectivity index (χ1) is 12.9. The number of aryl methyl sites for hydroxylation is 1. The fourth-order valence-corrected chi connectivity index (χ4v) is 2.42. The number of ether oxygens (including phenoxy) is 1. The van der Waals surface area contributed by atoms with Crippen LogP contribution in [0.15, 0.2) is 59.0 Å². The lowest BCUT2D eigenvalue weighted by Crippen LogP contribution is -2.10. The Labute approximate surface area is 154 Å². The summed E-state index contributed by atoms with van der Waals surface area (Å²) >= 11 is 0. The number of hydrogen-bond donors (Lipinski definition) is 2. The molecule has 3 rings (SSSR count). The second kappa shape index (κ2) is 7.61. The number of phenolic OH excluding ortho intramolecular Hbond substituents is 1. The van der Waals surface area contributed by atoms with Crippen molar-refractivity contribution in [3.05, 3.63) is 81.8 Å². The molecule has 0 radical (unpaired) electrons. The molecule has 0 saturated carbocycles. The third kappa shape index (κ3) is 4.24. The number of phenols is 1. The molecule has 0 fully saturated rings. The van der Waals surface area contributed by atoms with Crippen molar-refractivity contribution in [3.8, 4) is 11.5 Å². The Hall–Kier alpha value is -3.81. The number of nitro benzene ring substituents is 1. The second-order valence-electron chi connectivity index (χ2n) is 5.73. The molecule has 8 heteroatoms. The summed E-state index contributed by atoms with van der Waals surface area (Å²) in [6.45, 7) is 1.68. The lowest BCUT2D eigenvalue weighted by atomic mass is 10.2. The molecule has 0 bridgehead atoms. The molecule has 0 unspecified atom stereocenters. The maximum atomic E-state index is 12.2. The summed E-state index contributed by atoms with van der Waals surface area (Å²) in [7, 11) is 0. The Balaban J connectivity index is 1.62. The minimum Gasteiger partial charge on any atom is -0.506 e. The van der Waals surface area contributed by atoms with Gasteiger partial charge in [0.1, 0.15) is 23.9 Å². The van der Waals surface area contributed by atoms with Crippen LogP contribution in [0.3, 0.4) is 0 Å². The van der Waals surface area contributed by atoms with Gasteiger partial charge in [0.2, 0.25) is 0 Å². The number of carbonyl (C=O) groups is 1. The summed E-state index contributed by atoms with van der Waals surface area (Å²) in [4.78, 5) is 22.5. The van der Waals surface area contributed by atoms with Gasteiger partial charge in [0.05, 0.1) is 10.6 Å². The van der Waals surface area contributed by atoms with Gasteiger partial charge < -0.3 is 19.6 Å². The standard InChI is InChI=1S/C19H16N2O6/c1-12-10-13(6-8-16(12)21(24)25)26-11-14-7-9-18(27-14)19(23)20-15-4-2-3-5-17(15)22/h2-10,22H,11H2,1H3,(H,20,23). The molecule has 0 atom stereocenters. The first-order valence-corrected chi connectivity index (χ1v) is 8.00. The lowest BCUT2D eigenvalue weighted by Gasteiger charge is -2.06. The maximum Gasteiger partial charge on any atom is 0.291 e. The predicted molar refractivity (Wildman–Crippen MR) is 96.9 cm³/mol. The Morgan fingerprint density at radius 2 is 2.00 bits per heavy atom. The highest BCUT2D eigenvalue weighted by Crippen LogP contribution is 2.25. The van der Waals surface area contributed by atoms with E-state index in [9.17, 15) is 20.0 Å². The van der Waals surface area contributed by atoms with Gasteiger partial charge in [-0.15, -0.1) is 0 Å². The van der Waals surface area contributed by atoms with Crippen LogP contribution in [0.4, 0.5) is 11.4 Å². The molecule has 1 aromatic heterocycles. The number of anilines is 1. The van der Waals surface area contributed by atoms with Crippen molar-refractivity contribution in [1.82, 2.24) is 0 Å². The highest BCUT2D eigenvalue weighted by atomic mass is 16.6. The Morgan fingerprint density at radius 1 is 1.22 bits per heavy atom. The second-order valence-corrected chi connectivity index (χ2v) is 5.73. The van der Waals surface area contributed by atoms with E-state index in [0.717, 1.165) is 0 Å². The van der Waals surface area contributed by atoms with Crippen molar-refractivity contribution in [2.75, 3.05) is 5.32 Å². The highest BCUT2D eigenvalue weighted by molar-refractivity contribution is 6.03. The van der Waals surface area contributed by atoms with Gasteiger partial charge in [0, 0.05) is 11.6 Å². The third-order valence-electron chi connectivity index (χ3n) is 3.78. The van der Waals surface area contributed by atoms with Gasteiger partial charge in [-0.05, 0) is 43.3 Å². The monoisotopic (exact) mass is 368 g/mol. The van der Waals surface area contributed by atoms with Crippen LogP contribution >= 0.6 is 0 Å². The van der Waals surface area contributed by atoms with Crippen molar-refractivity contribution < 1.29 is 24.0 Å². The number of nitrogens with one attached hydrogen (secondary N) is 1. The average Bonchev–Trinajstić information content (AvgIpc) is 3.11. The molecule has 2 N–H and O–H groups in total. The van der Waals surface area contributed by atoms with Gasteiger partial charge in [-0.3, -0.25) is 14.9 Å². The topological polar surface area (TPSA) is 115 Å². The summed E-state index contributed by atoms with van der Waals surface area (Å²) < 4.78 is 11.0.